The summed E-state index contributed by atoms with van der Waals surface area (Å²) in [6.45, 7) is 0. The van der Waals surface area contributed by atoms with Gasteiger partial charge in [0.05, 0.1) is 14.0 Å². The number of hydrogen-bond acceptors (Lipinski definition) is 2. The van der Waals surface area contributed by atoms with Crippen LogP contribution in [0, 0.1) is 11.6 Å². The van der Waals surface area contributed by atoms with Crippen LogP contribution in [0.4, 0.5) is 8.78 Å². The maximum Gasteiger partial charge on any atom is 0.180 e. The van der Waals surface area contributed by atoms with Crippen molar-refractivity contribution in [3.63, 3.8) is 0 Å². The lowest BCUT2D eigenvalue weighted by Gasteiger charge is -2.12. The molecule has 0 spiro atoms. The molecule has 110 valence electrons. The van der Waals surface area contributed by atoms with Crippen LogP contribution in [0.5, 0.6) is 11.5 Å². The number of halogens is 5. The molecule has 0 aliphatic carbocycles. The summed E-state index contributed by atoms with van der Waals surface area (Å²) >= 11 is 16.7. The predicted octanol–water partition coefficient (Wildman–Crippen LogP) is 5.57. The van der Waals surface area contributed by atoms with E-state index < -0.39 is 11.6 Å². The molecule has 0 atom stereocenters. The van der Waals surface area contributed by atoms with Crippen LogP contribution in [0.3, 0.4) is 0 Å². The van der Waals surface area contributed by atoms with Gasteiger partial charge in [-0.3, -0.25) is 0 Å². The van der Waals surface area contributed by atoms with Crippen molar-refractivity contribution in [3.05, 3.63) is 55.4 Å². The summed E-state index contributed by atoms with van der Waals surface area (Å²) in [6, 6.07) is 5.24. The Balaban J connectivity index is 2.43. The molecule has 0 unspecified atom stereocenters. The van der Waals surface area contributed by atoms with Gasteiger partial charge in [-0.1, -0.05) is 23.8 Å². The van der Waals surface area contributed by atoms with Crippen LogP contribution in [0.1, 0.15) is 5.56 Å². The van der Waals surface area contributed by atoms with Crippen molar-refractivity contribution in [1.29, 1.82) is 0 Å². The first-order valence-electron chi connectivity index (χ1n) is 5.41. The zero-order valence-corrected chi connectivity index (χ0v) is 14.8. The van der Waals surface area contributed by atoms with Crippen LogP contribution in [-0.2, 0) is 0 Å². The van der Waals surface area contributed by atoms with E-state index in [1.807, 2.05) is 0 Å². The Kier molecular flexibility index (Phi) is 5.19. The van der Waals surface area contributed by atoms with E-state index in [0.29, 0.717) is 10.0 Å². The fourth-order valence-electron chi connectivity index (χ4n) is 1.50. The normalized spacial score (nSPS) is 10.5. The van der Waals surface area contributed by atoms with Gasteiger partial charge >= 0.3 is 0 Å². The summed E-state index contributed by atoms with van der Waals surface area (Å²) < 4.78 is 33.5. The van der Waals surface area contributed by atoms with Gasteiger partial charge in [-0.2, -0.15) is 0 Å². The largest absolute Gasteiger partial charge is 0.453 e. The molecule has 2 nitrogen and oxygen atoms in total. The zero-order chi connectivity index (χ0) is 15.7. The summed E-state index contributed by atoms with van der Waals surface area (Å²) in [7, 11) is 0. The molecule has 0 bridgehead atoms. The first-order valence-corrected chi connectivity index (χ1v) is 7.78. The molecule has 0 heterocycles. The van der Waals surface area contributed by atoms with Crippen molar-refractivity contribution in [3.8, 4) is 11.5 Å². The predicted molar refractivity (Wildman–Crippen MR) is 89.2 cm³/mol. The molecule has 2 aromatic carbocycles. The van der Waals surface area contributed by atoms with Gasteiger partial charge in [-0.05, 0) is 50.1 Å². The number of ether oxygens (including phenoxy) is 1. The highest BCUT2D eigenvalue weighted by Crippen LogP contribution is 2.36. The average Bonchev–Trinajstić information content (AvgIpc) is 2.40. The minimum Gasteiger partial charge on any atom is -0.453 e. The van der Waals surface area contributed by atoms with Gasteiger partial charge in [0.25, 0.3) is 0 Å². The molecular weight excluding hydrogens is 451 g/mol. The smallest absolute Gasteiger partial charge is 0.180 e. The summed E-state index contributed by atoms with van der Waals surface area (Å²) in [5, 5.41) is -0.0697. The minimum absolute atomic E-state index is 0.0473. The van der Waals surface area contributed by atoms with Gasteiger partial charge in [0.1, 0.15) is 16.6 Å². The van der Waals surface area contributed by atoms with Gasteiger partial charge in [-0.15, -0.1) is 0 Å². The number of benzene rings is 2. The van der Waals surface area contributed by atoms with Gasteiger partial charge in [0, 0.05) is 11.6 Å². The van der Waals surface area contributed by atoms with Crippen LogP contribution in [0.25, 0.3) is 0 Å². The minimum atomic E-state index is -0.692. The van der Waals surface area contributed by atoms with E-state index >= 15 is 0 Å². The van der Waals surface area contributed by atoms with Gasteiger partial charge in [0.2, 0.25) is 0 Å². The lowest BCUT2D eigenvalue weighted by atomic mass is 10.2. The third-order valence-corrected chi connectivity index (χ3v) is 4.41. The Morgan fingerprint density at radius 3 is 2.48 bits per heavy atom. The summed E-state index contributed by atoms with van der Waals surface area (Å²) in [5.41, 5.74) is 5.81. The monoisotopic (exact) mass is 455 g/mol. The molecule has 0 aromatic heterocycles. The van der Waals surface area contributed by atoms with E-state index in [1.165, 1.54) is 18.2 Å². The molecule has 2 N–H and O–H groups in total. The van der Waals surface area contributed by atoms with Crippen molar-refractivity contribution in [2.45, 2.75) is 0 Å². The molecule has 8 heteroatoms. The Bertz CT molecular complexity index is 743. The molecule has 2 rings (SSSR count). The number of nitrogens with two attached hydrogens (primary N) is 1. The molecule has 0 aliphatic rings. The lowest BCUT2D eigenvalue weighted by Crippen LogP contribution is -2.11. The molecule has 2 aromatic rings. The topological polar surface area (TPSA) is 35.2 Å². The van der Waals surface area contributed by atoms with Crippen molar-refractivity contribution in [2.24, 2.45) is 5.73 Å². The van der Waals surface area contributed by atoms with Gasteiger partial charge < -0.3 is 10.5 Å². The Hall–Kier alpha value is -0.760. The molecule has 21 heavy (non-hydrogen) atoms. The van der Waals surface area contributed by atoms with E-state index in [4.69, 9.17) is 34.3 Å². The highest BCUT2D eigenvalue weighted by Gasteiger charge is 2.16. The number of thiocarbonyl (C=S) groups is 1. The van der Waals surface area contributed by atoms with Crippen molar-refractivity contribution in [1.82, 2.24) is 0 Å². The molecule has 0 saturated heterocycles. The third kappa shape index (κ3) is 3.53. The zero-order valence-electron chi connectivity index (χ0n) is 10.1. The van der Waals surface area contributed by atoms with E-state index in [1.54, 1.807) is 0 Å². The fraction of sp³-hybridized carbons (Fsp3) is 0. The Labute approximate surface area is 146 Å². The standard InChI is InChI=1S/C13H6Br2ClF2NOS/c14-6-3-7(16)8(17)4-10(6)20-9-2-1-5(13(19)21)11(15)12(9)18/h1-4H,(H2,19,21). The van der Waals surface area contributed by atoms with Crippen molar-refractivity contribution >= 4 is 60.7 Å². The highest BCUT2D eigenvalue weighted by molar-refractivity contribution is 9.10. The molecular formula is C13H6Br2ClF2NOS. The molecule has 0 radical (unpaired) electrons. The van der Waals surface area contributed by atoms with Crippen molar-refractivity contribution in [2.75, 3.05) is 0 Å². The summed E-state index contributed by atoms with van der Waals surface area (Å²) in [6.07, 6.45) is 0. The van der Waals surface area contributed by atoms with Gasteiger partial charge in [-0.25, -0.2) is 8.78 Å². The molecule has 0 aliphatic heterocycles. The molecule has 0 amide bonds. The maximum absolute atomic E-state index is 14.2. The first kappa shape index (κ1) is 16.6. The third-order valence-electron chi connectivity index (χ3n) is 2.51. The van der Waals surface area contributed by atoms with Crippen LogP contribution in [-0.4, -0.2) is 4.99 Å². The molecule has 0 fully saturated rings. The maximum atomic E-state index is 14.2. The average molecular weight is 458 g/mol. The van der Waals surface area contributed by atoms with Crippen LogP contribution in [0.2, 0.25) is 5.02 Å². The fourth-order valence-corrected chi connectivity index (χ4v) is 3.06. The van der Waals surface area contributed by atoms with Crippen LogP contribution < -0.4 is 10.5 Å². The van der Waals surface area contributed by atoms with Crippen molar-refractivity contribution < 1.29 is 13.5 Å². The second-order valence-corrected chi connectivity index (χ2v) is 6.40. The van der Waals surface area contributed by atoms with E-state index in [9.17, 15) is 8.78 Å². The number of hydrogen-bond donors (Lipinski definition) is 1. The quantitative estimate of drug-likeness (QED) is 0.484. The van der Waals surface area contributed by atoms with Crippen LogP contribution >= 0.6 is 55.7 Å². The highest BCUT2D eigenvalue weighted by atomic mass is 79.9. The number of rotatable bonds is 3. The lowest BCUT2D eigenvalue weighted by molar-refractivity contribution is 0.434. The van der Waals surface area contributed by atoms with E-state index in [0.717, 1.165) is 6.07 Å². The van der Waals surface area contributed by atoms with Gasteiger partial charge in [0.15, 0.2) is 11.6 Å². The Morgan fingerprint density at radius 1 is 1.19 bits per heavy atom. The molecule has 0 saturated carbocycles. The summed E-state index contributed by atoms with van der Waals surface area (Å²) in [4.78, 5) is 0.0473. The first-order chi connectivity index (χ1) is 9.81. The Morgan fingerprint density at radius 2 is 1.86 bits per heavy atom. The van der Waals surface area contributed by atoms with Crippen LogP contribution in [0.15, 0.2) is 33.2 Å². The second-order valence-electron chi connectivity index (χ2n) is 3.90. The SMILES string of the molecule is NC(=S)c1ccc(Oc2cc(F)c(Cl)cc2Br)c(F)c1Br. The van der Waals surface area contributed by atoms with E-state index in [-0.39, 0.29) is 26.0 Å². The summed E-state index contributed by atoms with van der Waals surface area (Å²) in [5.74, 6) is -1.38. The second kappa shape index (κ2) is 6.56. The van der Waals surface area contributed by atoms with E-state index in [2.05, 4.69) is 31.9 Å².